The molecule has 0 heterocycles. The molecule has 0 unspecified atom stereocenters. The van der Waals surface area contributed by atoms with Gasteiger partial charge in [-0.15, -0.1) is 0 Å². The molecule has 0 saturated heterocycles. The van der Waals surface area contributed by atoms with Crippen molar-refractivity contribution in [3.05, 3.63) is 0 Å². The highest BCUT2D eigenvalue weighted by Gasteiger charge is 2.22. The predicted molar refractivity (Wildman–Crippen MR) is 43.9 cm³/mol. The highest BCUT2D eigenvalue weighted by Crippen LogP contribution is 2.07. The first-order chi connectivity index (χ1) is 4.27. The number of rotatable bonds is 3. The second kappa shape index (κ2) is 3.02. The molecule has 62 valence electrons. The highest BCUT2D eigenvalue weighted by atomic mass is 32.2. The Morgan fingerprint density at radius 1 is 1.30 bits per heavy atom. The molecular formula is C5H14O3SSi. The van der Waals surface area contributed by atoms with Crippen molar-refractivity contribution in [1.29, 1.82) is 0 Å². The Labute approximate surface area is 63.7 Å². The van der Waals surface area contributed by atoms with Crippen molar-refractivity contribution in [2.24, 2.45) is 0 Å². The van der Waals surface area contributed by atoms with E-state index >= 15 is 0 Å². The summed E-state index contributed by atoms with van der Waals surface area (Å²) in [6.07, 6.45) is 0. The van der Waals surface area contributed by atoms with E-state index in [0.29, 0.717) is 0 Å². The highest BCUT2D eigenvalue weighted by molar-refractivity contribution is 7.87. The number of hydrogen-bond donors (Lipinski definition) is 0. The summed E-state index contributed by atoms with van der Waals surface area (Å²) in [5.41, 5.74) is 0. The molecule has 3 nitrogen and oxygen atoms in total. The summed E-state index contributed by atoms with van der Waals surface area (Å²) in [6, 6.07) is 0. The van der Waals surface area contributed by atoms with Gasteiger partial charge in [0.15, 0.2) is 0 Å². The first-order valence-electron chi connectivity index (χ1n) is 3.20. The number of hydrogen-bond acceptors (Lipinski definition) is 3. The molecule has 0 aliphatic rings. The van der Waals surface area contributed by atoms with Gasteiger partial charge in [-0.3, -0.25) is 0 Å². The largest absolute Gasteiger partial charge is 0.315 e. The zero-order valence-corrected chi connectivity index (χ0v) is 8.66. The van der Waals surface area contributed by atoms with Gasteiger partial charge in [-0.05, 0) is 26.6 Å². The minimum Gasteiger partial charge on any atom is -0.315 e. The van der Waals surface area contributed by atoms with Gasteiger partial charge >= 0.3 is 0 Å². The molecule has 0 aliphatic carbocycles. The second-order valence-corrected chi connectivity index (χ2v) is 9.63. The standard InChI is InChI=1S/C5H14O3SSi/c1-5-9(6,7)8-10(2,3)4/h5H2,1-4H3. The van der Waals surface area contributed by atoms with Crippen LogP contribution in [0.2, 0.25) is 19.6 Å². The normalized spacial score (nSPS) is 13.6. The lowest BCUT2D eigenvalue weighted by Crippen LogP contribution is -2.29. The molecule has 0 amide bonds. The molecule has 10 heavy (non-hydrogen) atoms. The molecular weight excluding hydrogens is 168 g/mol. The third-order valence-electron chi connectivity index (χ3n) is 0.731. The van der Waals surface area contributed by atoms with Crippen LogP contribution in [0.4, 0.5) is 0 Å². The first kappa shape index (κ1) is 10.1. The van der Waals surface area contributed by atoms with Gasteiger partial charge in [0.05, 0.1) is 5.75 Å². The van der Waals surface area contributed by atoms with Crippen LogP contribution in [0, 0.1) is 0 Å². The van der Waals surface area contributed by atoms with Crippen LogP contribution < -0.4 is 0 Å². The monoisotopic (exact) mass is 182 g/mol. The molecule has 0 rings (SSSR count). The van der Waals surface area contributed by atoms with Crippen molar-refractivity contribution in [3.63, 3.8) is 0 Å². The van der Waals surface area contributed by atoms with Gasteiger partial charge in [0.1, 0.15) is 0 Å². The SMILES string of the molecule is CCS(=O)(=O)O[Si](C)(C)C. The second-order valence-electron chi connectivity index (χ2n) is 3.04. The maximum Gasteiger partial charge on any atom is 0.257 e. The minimum absolute atomic E-state index is 0.0667. The summed E-state index contributed by atoms with van der Waals surface area (Å²) in [5, 5.41) is 0. The van der Waals surface area contributed by atoms with Gasteiger partial charge < -0.3 is 3.87 Å². The average Bonchev–Trinajstić information content (AvgIpc) is 1.60. The molecule has 0 fully saturated rings. The van der Waals surface area contributed by atoms with E-state index < -0.39 is 18.4 Å². The van der Waals surface area contributed by atoms with Crippen molar-refractivity contribution in [3.8, 4) is 0 Å². The van der Waals surface area contributed by atoms with E-state index in [1.807, 2.05) is 19.6 Å². The lowest BCUT2D eigenvalue weighted by Gasteiger charge is -2.15. The molecule has 0 aromatic carbocycles. The smallest absolute Gasteiger partial charge is 0.257 e. The Kier molecular flexibility index (Phi) is 3.06. The van der Waals surface area contributed by atoms with Crippen LogP contribution in [0.3, 0.4) is 0 Å². The topological polar surface area (TPSA) is 43.4 Å². The van der Waals surface area contributed by atoms with Crippen LogP contribution in [-0.4, -0.2) is 22.5 Å². The Balaban J connectivity index is 4.18. The van der Waals surface area contributed by atoms with Gasteiger partial charge in [0.2, 0.25) is 8.32 Å². The van der Waals surface area contributed by atoms with Crippen LogP contribution in [0.1, 0.15) is 6.92 Å². The third kappa shape index (κ3) is 4.96. The molecule has 5 heteroatoms. The van der Waals surface area contributed by atoms with Crippen LogP contribution in [0.5, 0.6) is 0 Å². The summed E-state index contributed by atoms with van der Waals surface area (Å²) < 4.78 is 26.5. The Hall–Kier alpha value is 0.127. The molecule has 0 atom stereocenters. The van der Waals surface area contributed by atoms with E-state index in [-0.39, 0.29) is 5.75 Å². The van der Waals surface area contributed by atoms with E-state index in [9.17, 15) is 8.42 Å². The van der Waals surface area contributed by atoms with Crippen LogP contribution in [0.15, 0.2) is 0 Å². The van der Waals surface area contributed by atoms with Gasteiger partial charge in [0, 0.05) is 0 Å². The third-order valence-corrected chi connectivity index (χ3v) is 4.45. The van der Waals surface area contributed by atoms with Crippen molar-refractivity contribution in [2.45, 2.75) is 26.6 Å². The minimum atomic E-state index is -3.22. The van der Waals surface area contributed by atoms with Crippen molar-refractivity contribution in [2.75, 3.05) is 5.75 Å². The average molecular weight is 182 g/mol. The van der Waals surface area contributed by atoms with E-state index in [1.165, 1.54) is 0 Å². The molecule has 0 spiro atoms. The molecule has 0 aliphatic heterocycles. The van der Waals surface area contributed by atoms with Crippen molar-refractivity contribution >= 4 is 18.4 Å². The van der Waals surface area contributed by atoms with E-state index in [2.05, 4.69) is 0 Å². The lowest BCUT2D eigenvalue weighted by molar-refractivity contribution is 0.487. The van der Waals surface area contributed by atoms with Crippen molar-refractivity contribution < 1.29 is 12.3 Å². The fourth-order valence-electron chi connectivity index (χ4n) is 0.440. The molecule has 0 N–H and O–H groups in total. The lowest BCUT2D eigenvalue weighted by atomic mass is 11.0. The molecule has 0 aromatic rings. The van der Waals surface area contributed by atoms with Gasteiger partial charge in [-0.25, -0.2) is 8.42 Å². The van der Waals surface area contributed by atoms with Gasteiger partial charge in [-0.1, -0.05) is 0 Å². The summed E-state index contributed by atoms with van der Waals surface area (Å²) in [5.74, 6) is 0.0667. The summed E-state index contributed by atoms with van der Waals surface area (Å²) in [4.78, 5) is 0. The first-order valence-corrected chi connectivity index (χ1v) is 8.19. The zero-order valence-electron chi connectivity index (χ0n) is 6.84. The van der Waals surface area contributed by atoms with E-state index in [4.69, 9.17) is 3.87 Å². The molecule has 0 aromatic heterocycles. The molecule has 0 saturated carbocycles. The molecule has 0 radical (unpaired) electrons. The Bertz CT molecular complexity index is 189. The van der Waals surface area contributed by atoms with Gasteiger partial charge in [-0.2, -0.15) is 0 Å². The fraction of sp³-hybridized carbons (Fsp3) is 1.00. The Morgan fingerprint density at radius 3 is 1.80 bits per heavy atom. The fourth-order valence-corrected chi connectivity index (χ4v) is 3.96. The van der Waals surface area contributed by atoms with Crippen LogP contribution in [-0.2, 0) is 14.0 Å². The maximum absolute atomic E-state index is 10.8. The zero-order chi connectivity index (χ0) is 8.41. The quantitative estimate of drug-likeness (QED) is 0.616. The summed E-state index contributed by atoms with van der Waals surface area (Å²) >= 11 is 0. The maximum atomic E-state index is 10.8. The van der Waals surface area contributed by atoms with E-state index in [1.54, 1.807) is 6.92 Å². The van der Waals surface area contributed by atoms with Gasteiger partial charge in [0.25, 0.3) is 10.1 Å². The van der Waals surface area contributed by atoms with Crippen LogP contribution in [0.25, 0.3) is 0 Å². The summed E-state index contributed by atoms with van der Waals surface area (Å²) in [6.45, 7) is 7.12. The predicted octanol–water partition coefficient (Wildman–Crippen LogP) is 1.19. The summed E-state index contributed by atoms with van der Waals surface area (Å²) in [7, 11) is -5.12. The molecule has 0 bridgehead atoms. The van der Waals surface area contributed by atoms with E-state index in [0.717, 1.165) is 0 Å². The van der Waals surface area contributed by atoms with Crippen molar-refractivity contribution in [1.82, 2.24) is 0 Å². The van der Waals surface area contributed by atoms with Crippen LogP contribution >= 0.6 is 0 Å². The Morgan fingerprint density at radius 2 is 1.70 bits per heavy atom.